The van der Waals surface area contributed by atoms with Crippen molar-refractivity contribution >= 4 is 5.69 Å². The minimum absolute atomic E-state index is 0.538. The molecule has 3 heteroatoms. The zero-order valence-electron chi connectivity index (χ0n) is 11.4. The van der Waals surface area contributed by atoms with Gasteiger partial charge in [0, 0.05) is 19.8 Å². The van der Waals surface area contributed by atoms with E-state index in [1.165, 1.54) is 17.7 Å². The monoisotopic (exact) mass is 249 g/mol. The molecule has 0 aliphatic carbocycles. The topological polar surface area (TPSA) is 30.5 Å². The van der Waals surface area contributed by atoms with Gasteiger partial charge in [-0.1, -0.05) is 12.1 Å². The minimum atomic E-state index is 0.538. The summed E-state index contributed by atoms with van der Waals surface area (Å²) in [6.45, 7) is 3.79. The molecule has 0 aromatic heterocycles. The number of ether oxygens (including phenoxy) is 2. The van der Waals surface area contributed by atoms with Crippen molar-refractivity contribution in [2.75, 3.05) is 25.6 Å². The smallest absolute Gasteiger partial charge is 0.142 e. The van der Waals surface area contributed by atoms with Gasteiger partial charge in [-0.3, -0.25) is 0 Å². The SMILES string of the molecule is COCCCCOc1cccc2c1NC(C)CC2. The fraction of sp³-hybridized carbons (Fsp3) is 0.600. The van der Waals surface area contributed by atoms with E-state index in [9.17, 15) is 0 Å². The highest BCUT2D eigenvalue weighted by molar-refractivity contribution is 5.63. The largest absolute Gasteiger partial charge is 0.491 e. The Bertz CT molecular complexity index is 379. The second-order valence-electron chi connectivity index (χ2n) is 4.92. The first kappa shape index (κ1) is 13.2. The highest BCUT2D eigenvalue weighted by Gasteiger charge is 2.17. The second-order valence-corrected chi connectivity index (χ2v) is 4.92. The summed E-state index contributed by atoms with van der Waals surface area (Å²) in [5, 5.41) is 3.53. The van der Waals surface area contributed by atoms with Crippen molar-refractivity contribution < 1.29 is 9.47 Å². The molecule has 0 amide bonds. The van der Waals surface area contributed by atoms with Crippen LogP contribution in [0.5, 0.6) is 5.75 Å². The van der Waals surface area contributed by atoms with Gasteiger partial charge in [0.05, 0.1) is 12.3 Å². The number of benzene rings is 1. The number of fused-ring (bicyclic) bond motifs is 1. The van der Waals surface area contributed by atoms with Gasteiger partial charge in [-0.25, -0.2) is 0 Å². The van der Waals surface area contributed by atoms with Crippen molar-refractivity contribution in [1.82, 2.24) is 0 Å². The summed E-state index contributed by atoms with van der Waals surface area (Å²) in [5.41, 5.74) is 2.57. The van der Waals surface area contributed by atoms with Crippen LogP contribution in [0.25, 0.3) is 0 Å². The molecule has 3 nitrogen and oxygen atoms in total. The predicted molar refractivity (Wildman–Crippen MR) is 74.5 cm³/mol. The summed E-state index contributed by atoms with van der Waals surface area (Å²) < 4.78 is 10.9. The van der Waals surface area contributed by atoms with E-state index in [0.717, 1.165) is 38.2 Å². The first-order valence-electron chi connectivity index (χ1n) is 6.81. The summed E-state index contributed by atoms with van der Waals surface area (Å²) >= 11 is 0. The Morgan fingerprint density at radius 3 is 2.94 bits per heavy atom. The molecule has 1 unspecified atom stereocenters. The average Bonchev–Trinajstić information content (AvgIpc) is 2.39. The molecule has 1 aliphatic heterocycles. The summed E-state index contributed by atoms with van der Waals surface area (Å²) in [4.78, 5) is 0. The van der Waals surface area contributed by atoms with E-state index >= 15 is 0 Å². The zero-order valence-corrected chi connectivity index (χ0v) is 11.4. The van der Waals surface area contributed by atoms with Crippen molar-refractivity contribution in [3.8, 4) is 5.75 Å². The maximum atomic E-state index is 5.88. The van der Waals surface area contributed by atoms with E-state index < -0.39 is 0 Å². The summed E-state index contributed by atoms with van der Waals surface area (Å²) in [6.07, 6.45) is 4.43. The van der Waals surface area contributed by atoms with Crippen LogP contribution in [0.2, 0.25) is 0 Å². The number of rotatable bonds is 6. The van der Waals surface area contributed by atoms with Gasteiger partial charge in [0.1, 0.15) is 5.75 Å². The Morgan fingerprint density at radius 2 is 2.11 bits per heavy atom. The Hall–Kier alpha value is -1.22. The minimum Gasteiger partial charge on any atom is -0.491 e. The van der Waals surface area contributed by atoms with E-state index in [4.69, 9.17) is 9.47 Å². The number of methoxy groups -OCH3 is 1. The number of unbranched alkanes of at least 4 members (excludes halogenated alkanes) is 1. The van der Waals surface area contributed by atoms with Gasteiger partial charge in [-0.05, 0) is 44.2 Å². The number of hydrogen-bond donors (Lipinski definition) is 1. The summed E-state index contributed by atoms with van der Waals surface area (Å²) in [7, 11) is 1.74. The standard InChI is InChI=1S/C15H23NO2/c1-12-8-9-13-6-5-7-14(15(13)16-12)18-11-4-3-10-17-2/h5-7,12,16H,3-4,8-11H2,1-2H3. The van der Waals surface area contributed by atoms with Crippen LogP contribution in [0.1, 0.15) is 31.7 Å². The normalized spacial score (nSPS) is 18.0. The van der Waals surface area contributed by atoms with Crippen LogP contribution in [-0.2, 0) is 11.2 Å². The van der Waals surface area contributed by atoms with Crippen LogP contribution in [0, 0.1) is 0 Å². The van der Waals surface area contributed by atoms with E-state index in [1.807, 2.05) is 0 Å². The molecule has 0 saturated heterocycles. The van der Waals surface area contributed by atoms with Crippen LogP contribution in [0.3, 0.4) is 0 Å². The van der Waals surface area contributed by atoms with Crippen molar-refractivity contribution in [2.24, 2.45) is 0 Å². The molecule has 100 valence electrons. The Kier molecular flexibility index (Phi) is 4.88. The molecule has 1 aromatic carbocycles. The molecule has 18 heavy (non-hydrogen) atoms. The van der Waals surface area contributed by atoms with Crippen molar-refractivity contribution in [1.29, 1.82) is 0 Å². The number of nitrogens with one attached hydrogen (secondary N) is 1. The third kappa shape index (κ3) is 3.39. The van der Waals surface area contributed by atoms with Crippen LogP contribution < -0.4 is 10.1 Å². The first-order chi connectivity index (χ1) is 8.81. The van der Waals surface area contributed by atoms with Crippen LogP contribution in [0.15, 0.2) is 18.2 Å². The molecule has 1 heterocycles. The maximum Gasteiger partial charge on any atom is 0.142 e. The highest BCUT2D eigenvalue weighted by Crippen LogP contribution is 2.33. The average molecular weight is 249 g/mol. The molecule has 0 radical (unpaired) electrons. The van der Waals surface area contributed by atoms with Gasteiger partial charge >= 0.3 is 0 Å². The zero-order chi connectivity index (χ0) is 12.8. The molecule has 0 fully saturated rings. The van der Waals surface area contributed by atoms with E-state index in [0.29, 0.717) is 6.04 Å². The Labute approximate surface area is 109 Å². The Morgan fingerprint density at radius 1 is 1.28 bits per heavy atom. The van der Waals surface area contributed by atoms with Crippen molar-refractivity contribution in [3.05, 3.63) is 23.8 Å². The summed E-state index contributed by atoms with van der Waals surface area (Å²) in [6, 6.07) is 6.86. The van der Waals surface area contributed by atoms with Crippen molar-refractivity contribution in [2.45, 2.75) is 38.6 Å². The van der Waals surface area contributed by atoms with E-state index in [-0.39, 0.29) is 0 Å². The molecular formula is C15H23NO2. The molecule has 1 atom stereocenters. The van der Waals surface area contributed by atoms with Gasteiger partial charge in [0.2, 0.25) is 0 Å². The Balaban J connectivity index is 1.92. The van der Waals surface area contributed by atoms with Crippen LogP contribution >= 0.6 is 0 Å². The van der Waals surface area contributed by atoms with Crippen LogP contribution in [-0.4, -0.2) is 26.4 Å². The lowest BCUT2D eigenvalue weighted by Gasteiger charge is -2.26. The predicted octanol–water partition coefficient (Wildman–Crippen LogP) is 3.24. The quantitative estimate of drug-likeness (QED) is 0.785. The molecule has 0 bridgehead atoms. The third-order valence-electron chi connectivity index (χ3n) is 3.35. The number of aryl methyl sites for hydroxylation is 1. The van der Waals surface area contributed by atoms with Crippen LogP contribution in [0.4, 0.5) is 5.69 Å². The van der Waals surface area contributed by atoms with Crippen molar-refractivity contribution in [3.63, 3.8) is 0 Å². The van der Waals surface area contributed by atoms with Gasteiger partial charge in [-0.2, -0.15) is 0 Å². The lowest BCUT2D eigenvalue weighted by atomic mass is 9.98. The van der Waals surface area contributed by atoms with E-state index in [1.54, 1.807) is 7.11 Å². The number of hydrogen-bond acceptors (Lipinski definition) is 3. The maximum absolute atomic E-state index is 5.88. The van der Waals surface area contributed by atoms with Gasteiger partial charge in [0.25, 0.3) is 0 Å². The molecule has 1 aromatic rings. The molecule has 1 N–H and O–H groups in total. The number of anilines is 1. The first-order valence-corrected chi connectivity index (χ1v) is 6.81. The van der Waals surface area contributed by atoms with Gasteiger partial charge in [0.15, 0.2) is 0 Å². The second kappa shape index (κ2) is 6.64. The molecule has 0 saturated carbocycles. The lowest BCUT2D eigenvalue weighted by Crippen LogP contribution is -2.22. The third-order valence-corrected chi connectivity index (χ3v) is 3.35. The highest BCUT2D eigenvalue weighted by atomic mass is 16.5. The molecular weight excluding hydrogens is 226 g/mol. The van der Waals surface area contributed by atoms with Gasteiger partial charge in [-0.15, -0.1) is 0 Å². The number of para-hydroxylation sites is 1. The molecule has 1 aliphatic rings. The fourth-order valence-electron chi connectivity index (χ4n) is 2.29. The lowest BCUT2D eigenvalue weighted by molar-refractivity contribution is 0.184. The van der Waals surface area contributed by atoms with E-state index in [2.05, 4.69) is 30.4 Å². The molecule has 0 spiro atoms. The fourth-order valence-corrected chi connectivity index (χ4v) is 2.29. The summed E-state index contributed by atoms with van der Waals surface area (Å²) in [5.74, 6) is 0.997. The molecule has 2 rings (SSSR count). The van der Waals surface area contributed by atoms with Gasteiger partial charge < -0.3 is 14.8 Å².